The Hall–Kier alpha value is -3.62. The minimum absolute atomic E-state index is 0.158. The van der Waals surface area contributed by atoms with Crippen LogP contribution in [0.1, 0.15) is 76.8 Å². The summed E-state index contributed by atoms with van der Waals surface area (Å²) in [5.41, 5.74) is 9.35. The zero-order valence-corrected chi connectivity index (χ0v) is 26.4. The fourth-order valence-electron chi connectivity index (χ4n) is 6.83. The molecule has 0 atom stereocenters. The smallest absolute Gasteiger partial charge is 0.253 e. The van der Waals surface area contributed by atoms with Gasteiger partial charge in [-0.25, -0.2) is 0 Å². The molecule has 230 valence electrons. The fraction of sp³-hybridized carbons (Fsp3) is 0.486. The summed E-state index contributed by atoms with van der Waals surface area (Å²) in [6.07, 6.45) is 4.19. The number of piperidine rings is 1. The third kappa shape index (κ3) is 6.81. The van der Waals surface area contributed by atoms with Crippen LogP contribution >= 0.6 is 0 Å². The van der Waals surface area contributed by atoms with Crippen molar-refractivity contribution < 1.29 is 9.53 Å². The lowest BCUT2D eigenvalue weighted by atomic mass is 9.87. The molecule has 0 unspecified atom stereocenters. The number of hydrogen-bond donors (Lipinski definition) is 4. The Kier molecular flexibility index (Phi) is 9.88. The number of hydrogen-bond acceptors (Lipinski definition) is 6. The number of carbonyl (C=O) groups excluding carboxylic acids is 1. The number of benzene rings is 2. The summed E-state index contributed by atoms with van der Waals surface area (Å²) in [4.78, 5) is 31.8. The largest absolute Gasteiger partial charge is 0.388 e. The SMILES string of the molecule is CCN(c1cc(-c2ccc(C3CCNCC3)c(NC)c2)cc(C(=O)NCc2c(C)cc(C)[nH]c2=O)c1C)C1CCOCC1. The highest BCUT2D eigenvalue weighted by Crippen LogP contribution is 2.37. The number of nitrogens with one attached hydrogen (secondary N) is 4. The van der Waals surface area contributed by atoms with Gasteiger partial charge in [0, 0.05) is 67.6 Å². The van der Waals surface area contributed by atoms with Gasteiger partial charge in [-0.3, -0.25) is 9.59 Å². The summed E-state index contributed by atoms with van der Waals surface area (Å²) < 4.78 is 5.67. The van der Waals surface area contributed by atoms with Gasteiger partial charge in [0.1, 0.15) is 0 Å². The van der Waals surface area contributed by atoms with Crippen LogP contribution in [0.5, 0.6) is 0 Å². The molecule has 0 saturated carbocycles. The maximum absolute atomic E-state index is 13.9. The highest BCUT2D eigenvalue weighted by Gasteiger charge is 2.26. The molecule has 3 aromatic rings. The van der Waals surface area contributed by atoms with Gasteiger partial charge in [-0.1, -0.05) is 12.1 Å². The number of ether oxygens (including phenoxy) is 1. The molecule has 2 aliphatic rings. The predicted molar refractivity (Wildman–Crippen MR) is 176 cm³/mol. The van der Waals surface area contributed by atoms with Crippen molar-refractivity contribution in [3.63, 3.8) is 0 Å². The molecular formula is C35H47N5O3. The van der Waals surface area contributed by atoms with E-state index in [4.69, 9.17) is 4.74 Å². The lowest BCUT2D eigenvalue weighted by molar-refractivity contribution is 0.0846. The molecule has 4 N–H and O–H groups in total. The van der Waals surface area contributed by atoms with E-state index in [9.17, 15) is 9.59 Å². The highest BCUT2D eigenvalue weighted by molar-refractivity contribution is 5.99. The molecule has 2 fully saturated rings. The van der Waals surface area contributed by atoms with E-state index in [2.05, 4.69) is 57.0 Å². The van der Waals surface area contributed by atoms with Crippen molar-refractivity contribution >= 4 is 17.3 Å². The van der Waals surface area contributed by atoms with Crippen LogP contribution in [0.2, 0.25) is 0 Å². The van der Waals surface area contributed by atoms with Gasteiger partial charge >= 0.3 is 0 Å². The van der Waals surface area contributed by atoms with Crippen LogP contribution in [0.15, 0.2) is 41.2 Å². The molecule has 8 nitrogen and oxygen atoms in total. The second-order valence-corrected chi connectivity index (χ2v) is 12.0. The van der Waals surface area contributed by atoms with Crippen LogP contribution in [-0.2, 0) is 11.3 Å². The third-order valence-corrected chi connectivity index (χ3v) is 9.26. The molecule has 2 aromatic carbocycles. The minimum Gasteiger partial charge on any atom is -0.388 e. The number of aromatic nitrogens is 1. The van der Waals surface area contributed by atoms with Crippen molar-refractivity contribution in [2.75, 3.05) is 50.1 Å². The van der Waals surface area contributed by atoms with Crippen molar-refractivity contribution in [1.29, 1.82) is 0 Å². The van der Waals surface area contributed by atoms with Crippen molar-refractivity contribution in [2.24, 2.45) is 0 Å². The monoisotopic (exact) mass is 585 g/mol. The average molecular weight is 586 g/mol. The van der Waals surface area contributed by atoms with E-state index in [0.717, 1.165) is 97.9 Å². The number of aromatic amines is 1. The summed E-state index contributed by atoms with van der Waals surface area (Å²) >= 11 is 0. The Morgan fingerprint density at radius 1 is 1.00 bits per heavy atom. The molecule has 1 amide bonds. The molecular weight excluding hydrogens is 538 g/mol. The van der Waals surface area contributed by atoms with E-state index in [1.54, 1.807) is 0 Å². The van der Waals surface area contributed by atoms with Crippen molar-refractivity contribution in [3.05, 3.63) is 80.3 Å². The Morgan fingerprint density at radius 2 is 1.74 bits per heavy atom. The van der Waals surface area contributed by atoms with E-state index >= 15 is 0 Å². The molecule has 3 heterocycles. The number of pyridine rings is 1. The van der Waals surface area contributed by atoms with Gasteiger partial charge in [0.05, 0.1) is 0 Å². The summed E-state index contributed by atoms with van der Waals surface area (Å²) in [6.45, 7) is 12.6. The molecule has 8 heteroatoms. The predicted octanol–water partition coefficient (Wildman–Crippen LogP) is 5.41. The first-order valence-corrected chi connectivity index (χ1v) is 15.8. The molecule has 5 rings (SSSR count). The summed E-state index contributed by atoms with van der Waals surface area (Å²) in [5, 5.41) is 9.98. The number of rotatable bonds is 9. The molecule has 2 saturated heterocycles. The normalized spacial score (nSPS) is 16.2. The Labute approximate surface area is 255 Å². The first kappa shape index (κ1) is 30.8. The zero-order chi connectivity index (χ0) is 30.5. The Morgan fingerprint density at radius 3 is 2.42 bits per heavy atom. The van der Waals surface area contributed by atoms with Crippen LogP contribution < -0.4 is 26.4 Å². The van der Waals surface area contributed by atoms with Gasteiger partial charge < -0.3 is 30.6 Å². The molecule has 0 spiro atoms. The molecule has 0 aliphatic carbocycles. The molecule has 1 aromatic heterocycles. The van der Waals surface area contributed by atoms with E-state index < -0.39 is 0 Å². The average Bonchev–Trinajstić information content (AvgIpc) is 3.02. The Balaban J connectivity index is 1.54. The number of carbonyl (C=O) groups is 1. The van der Waals surface area contributed by atoms with Crippen molar-refractivity contribution in [1.82, 2.24) is 15.6 Å². The summed E-state index contributed by atoms with van der Waals surface area (Å²) in [7, 11) is 1.99. The van der Waals surface area contributed by atoms with Gasteiger partial charge in [-0.15, -0.1) is 0 Å². The highest BCUT2D eigenvalue weighted by atomic mass is 16.5. The maximum Gasteiger partial charge on any atom is 0.253 e. The Bertz CT molecular complexity index is 1500. The molecule has 0 radical (unpaired) electrons. The van der Waals surface area contributed by atoms with E-state index in [0.29, 0.717) is 23.1 Å². The summed E-state index contributed by atoms with van der Waals surface area (Å²) in [5.74, 6) is 0.355. The van der Waals surface area contributed by atoms with Gasteiger partial charge in [-0.2, -0.15) is 0 Å². The molecule has 2 aliphatic heterocycles. The number of H-pyrrole nitrogens is 1. The standard InChI is InChI=1S/C35H47N5O3/c1-6-40(28-11-15-43-16-12-28)33-20-27(26-7-8-29(32(19-26)36-5)25-9-13-37-14-10-25)18-30(24(33)4)34(41)38-21-31-22(2)17-23(3)39-35(31)42/h7-8,17-20,25,28,36-37H,6,9-16,21H2,1-5H3,(H,38,41)(H,39,42). The van der Waals surface area contributed by atoms with E-state index in [-0.39, 0.29) is 18.0 Å². The van der Waals surface area contributed by atoms with Crippen LogP contribution in [0.4, 0.5) is 11.4 Å². The van der Waals surface area contributed by atoms with E-state index in [1.807, 2.05) is 40.0 Å². The quantitative estimate of drug-likeness (QED) is 0.268. The molecule has 0 bridgehead atoms. The van der Waals surface area contributed by atoms with Crippen molar-refractivity contribution in [3.8, 4) is 11.1 Å². The van der Waals surface area contributed by atoms with Gasteiger partial charge in [-0.05, 0) is 124 Å². The van der Waals surface area contributed by atoms with Gasteiger partial charge in [0.2, 0.25) is 0 Å². The first-order chi connectivity index (χ1) is 20.8. The topological polar surface area (TPSA) is 98.5 Å². The molecule has 43 heavy (non-hydrogen) atoms. The zero-order valence-electron chi connectivity index (χ0n) is 26.4. The van der Waals surface area contributed by atoms with Crippen LogP contribution in [0.25, 0.3) is 11.1 Å². The van der Waals surface area contributed by atoms with Gasteiger partial charge in [0.15, 0.2) is 0 Å². The number of nitrogens with zero attached hydrogens (tertiary/aromatic N) is 1. The number of anilines is 2. The first-order valence-electron chi connectivity index (χ1n) is 15.8. The second-order valence-electron chi connectivity index (χ2n) is 12.0. The fourth-order valence-corrected chi connectivity index (χ4v) is 6.83. The summed E-state index contributed by atoms with van der Waals surface area (Å²) in [6, 6.07) is 13.2. The van der Waals surface area contributed by atoms with Crippen LogP contribution in [0, 0.1) is 20.8 Å². The number of amides is 1. The number of aryl methyl sites for hydroxylation is 2. The lowest BCUT2D eigenvalue weighted by Crippen LogP contribution is -2.40. The maximum atomic E-state index is 13.9. The van der Waals surface area contributed by atoms with Crippen molar-refractivity contribution in [2.45, 2.75) is 71.9 Å². The lowest BCUT2D eigenvalue weighted by Gasteiger charge is -2.37. The minimum atomic E-state index is -0.178. The van der Waals surface area contributed by atoms with E-state index in [1.165, 1.54) is 5.56 Å². The van der Waals surface area contributed by atoms with Gasteiger partial charge in [0.25, 0.3) is 11.5 Å². The van der Waals surface area contributed by atoms with Crippen LogP contribution in [-0.4, -0.2) is 56.8 Å². The van der Waals surface area contributed by atoms with Crippen LogP contribution in [0.3, 0.4) is 0 Å². The second kappa shape index (κ2) is 13.8. The third-order valence-electron chi connectivity index (χ3n) is 9.26.